The van der Waals surface area contributed by atoms with E-state index in [2.05, 4.69) is 11.8 Å². The number of allylic oxidation sites excluding steroid dienone is 1. The molecule has 0 aromatic heterocycles. The first-order chi connectivity index (χ1) is 6.74. The fourth-order valence-electron chi connectivity index (χ4n) is 0.945. The summed E-state index contributed by atoms with van der Waals surface area (Å²) in [5.74, 6) is 5.71. The molecule has 0 radical (unpaired) electrons. The molecule has 1 rings (SSSR count). The van der Waals surface area contributed by atoms with Crippen LogP contribution in [0.25, 0.3) is 0 Å². The average Bonchev–Trinajstić information content (AvgIpc) is 2.26. The Morgan fingerprint density at radius 1 is 1.36 bits per heavy atom. The predicted octanol–water partition coefficient (Wildman–Crippen LogP) is 2.37. The third kappa shape index (κ3) is 3.08. The minimum Gasteiger partial charge on any atom is -0.376 e. The Bertz CT molecular complexity index is 365. The van der Waals surface area contributed by atoms with Crippen molar-refractivity contribution < 1.29 is 5.11 Å². The van der Waals surface area contributed by atoms with Crippen LogP contribution in [0.4, 0.5) is 0 Å². The Balaban J connectivity index is 2.74. The monoisotopic (exact) mass is 186 g/mol. The second-order valence-electron chi connectivity index (χ2n) is 3.07. The lowest BCUT2D eigenvalue weighted by Crippen LogP contribution is -2.03. The van der Waals surface area contributed by atoms with Crippen molar-refractivity contribution in [1.29, 1.82) is 0 Å². The highest BCUT2D eigenvalue weighted by Crippen LogP contribution is 2.00. The van der Waals surface area contributed by atoms with Gasteiger partial charge < -0.3 is 5.11 Å². The topological polar surface area (TPSA) is 20.2 Å². The van der Waals surface area contributed by atoms with Gasteiger partial charge in [-0.05, 0) is 31.6 Å². The van der Waals surface area contributed by atoms with Crippen LogP contribution < -0.4 is 0 Å². The van der Waals surface area contributed by atoms with E-state index in [1.54, 1.807) is 0 Å². The van der Waals surface area contributed by atoms with E-state index in [4.69, 9.17) is 0 Å². The molecule has 14 heavy (non-hydrogen) atoms. The third-order valence-electron chi connectivity index (χ3n) is 2.01. The van der Waals surface area contributed by atoms with Gasteiger partial charge in [-0.3, -0.25) is 0 Å². The predicted molar refractivity (Wildman–Crippen MR) is 58.8 cm³/mol. The molecule has 1 aromatic rings. The van der Waals surface area contributed by atoms with E-state index in [1.165, 1.54) is 0 Å². The molecule has 0 aliphatic rings. The molecular weight excluding hydrogens is 172 g/mol. The molecule has 72 valence electrons. The SMILES string of the molecule is C/C=C(\C)C(O)C#Cc1ccccc1. The molecule has 0 bridgehead atoms. The Labute approximate surface area is 85.1 Å². The van der Waals surface area contributed by atoms with Gasteiger partial charge in [0.15, 0.2) is 0 Å². The van der Waals surface area contributed by atoms with Crippen LogP contribution in [0.2, 0.25) is 0 Å². The van der Waals surface area contributed by atoms with Crippen molar-refractivity contribution in [1.82, 2.24) is 0 Å². The fourth-order valence-corrected chi connectivity index (χ4v) is 0.945. The second kappa shape index (κ2) is 5.26. The molecule has 1 aromatic carbocycles. The summed E-state index contributed by atoms with van der Waals surface area (Å²) in [6, 6.07) is 9.64. The molecule has 0 saturated heterocycles. The van der Waals surface area contributed by atoms with Gasteiger partial charge in [0, 0.05) is 5.56 Å². The van der Waals surface area contributed by atoms with Crippen LogP contribution in [0.15, 0.2) is 42.0 Å². The normalized spacial score (nSPS) is 12.9. The average molecular weight is 186 g/mol. The lowest BCUT2D eigenvalue weighted by atomic mass is 10.1. The molecule has 1 unspecified atom stereocenters. The first kappa shape index (κ1) is 10.6. The van der Waals surface area contributed by atoms with Gasteiger partial charge in [0.2, 0.25) is 0 Å². The highest BCUT2D eigenvalue weighted by atomic mass is 16.3. The van der Waals surface area contributed by atoms with Crippen LogP contribution >= 0.6 is 0 Å². The van der Waals surface area contributed by atoms with E-state index in [9.17, 15) is 5.11 Å². The second-order valence-corrected chi connectivity index (χ2v) is 3.07. The van der Waals surface area contributed by atoms with Gasteiger partial charge >= 0.3 is 0 Å². The summed E-state index contributed by atoms with van der Waals surface area (Å²) in [6.45, 7) is 3.76. The van der Waals surface area contributed by atoms with Crippen LogP contribution in [0.3, 0.4) is 0 Å². The van der Waals surface area contributed by atoms with E-state index >= 15 is 0 Å². The van der Waals surface area contributed by atoms with Crippen molar-refractivity contribution in [3.8, 4) is 11.8 Å². The van der Waals surface area contributed by atoms with E-state index in [-0.39, 0.29) is 0 Å². The number of aliphatic hydroxyl groups excluding tert-OH is 1. The standard InChI is InChI=1S/C13H14O/c1-3-11(2)13(14)10-9-12-7-5-4-6-8-12/h3-8,13-14H,1-2H3/b11-3+. The Hall–Kier alpha value is -1.52. The highest BCUT2D eigenvalue weighted by molar-refractivity contribution is 5.36. The fraction of sp³-hybridized carbons (Fsp3) is 0.231. The molecular formula is C13H14O. The van der Waals surface area contributed by atoms with Crippen LogP contribution in [-0.4, -0.2) is 11.2 Å². The van der Waals surface area contributed by atoms with Gasteiger partial charge in [-0.15, -0.1) is 0 Å². The van der Waals surface area contributed by atoms with E-state index in [0.29, 0.717) is 0 Å². The number of benzene rings is 1. The van der Waals surface area contributed by atoms with Crippen LogP contribution in [0.5, 0.6) is 0 Å². The van der Waals surface area contributed by atoms with Crippen molar-refractivity contribution in [2.45, 2.75) is 20.0 Å². The largest absolute Gasteiger partial charge is 0.376 e. The minimum atomic E-state index is -0.653. The van der Waals surface area contributed by atoms with Crippen LogP contribution in [0, 0.1) is 11.8 Å². The summed E-state index contributed by atoms with van der Waals surface area (Å²) in [5.41, 5.74) is 1.81. The first-order valence-corrected chi connectivity index (χ1v) is 4.61. The van der Waals surface area contributed by atoms with Crippen molar-refractivity contribution in [3.63, 3.8) is 0 Å². The van der Waals surface area contributed by atoms with Gasteiger partial charge in [-0.2, -0.15) is 0 Å². The van der Waals surface area contributed by atoms with Crippen LogP contribution in [-0.2, 0) is 0 Å². The van der Waals surface area contributed by atoms with Crippen molar-refractivity contribution in [2.24, 2.45) is 0 Å². The minimum absolute atomic E-state index is 0.653. The van der Waals surface area contributed by atoms with Gasteiger partial charge in [0.25, 0.3) is 0 Å². The van der Waals surface area contributed by atoms with E-state index in [1.807, 2.05) is 50.3 Å². The van der Waals surface area contributed by atoms with Crippen molar-refractivity contribution in [3.05, 3.63) is 47.5 Å². The highest BCUT2D eigenvalue weighted by Gasteiger charge is 1.98. The molecule has 1 atom stereocenters. The molecule has 1 heteroatoms. The Morgan fingerprint density at radius 3 is 2.57 bits per heavy atom. The molecule has 1 nitrogen and oxygen atoms in total. The number of hydrogen-bond acceptors (Lipinski definition) is 1. The lowest BCUT2D eigenvalue weighted by Gasteiger charge is -2.00. The van der Waals surface area contributed by atoms with E-state index < -0.39 is 6.10 Å². The summed E-state index contributed by atoms with van der Waals surface area (Å²) >= 11 is 0. The summed E-state index contributed by atoms with van der Waals surface area (Å²) in [6.07, 6.45) is 1.21. The number of rotatable bonds is 1. The maximum absolute atomic E-state index is 9.54. The third-order valence-corrected chi connectivity index (χ3v) is 2.01. The molecule has 0 amide bonds. The Kier molecular flexibility index (Phi) is 3.97. The molecule has 0 aliphatic carbocycles. The quantitative estimate of drug-likeness (QED) is 0.527. The molecule has 1 N–H and O–H groups in total. The summed E-state index contributed by atoms with van der Waals surface area (Å²) in [7, 11) is 0. The smallest absolute Gasteiger partial charge is 0.136 e. The lowest BCUT2D eigenvalue weighted by molar-refractivity contribution is 0.268. The number of aliphatic hydroxyl groups is 1. The van der Waals surface area contributed by atoms with Gasteiger partial charge in [-0.25, -0.2) is 0 Å². The van der Waals surface area contributed by atoms with Crippen molar-refractivity contribution >= 4 is 0 Å². The van der Waals surface area contributed by atoms with Gasteiger partial charge in [0.1, 0.15) is 6.10 Å². The zero-order chi connectivity index (χ0) is 10.4. The first-order valence-electron chi connectivity index (χ1n) is 4.61. The van der Waals surface area contributed by atoms with E-state index in [0.717, 1.165) is 11.1 Å². The van der Waals surface area contributed by atoms with Gasteiger partial charge in [-0.1, -0.05) is 36.1 Å². The summed E-state index contributed by atoms with van der Waals surface area (Å²) in [5, 5.41) is 9.54. The van der Waals surface area contributed by atoms with Crippen molar-refractivity contribution in [2.75, 3.05) is 0 Å². The number of hydrogen-bond donors (Lipinski definition) is 1. The molecule has 0 spiro atoms. The molecule has 0 fully saturated rings. The maximum Gasteiger partial charge on any atom is 0.136 e. The van der Waals surface area contributed by atoms with Gasteiger partial charge in [0.05, 0.1) is 0 Å². The molecule has 0 saturated carbocycles. The maximum atomic E-state index is 9.54. The zero-order valence-corrected chi connectivity index (χ0v) is 8.49. The molecule has 0 aliphatic heterocycles. The van der Waals surface area contributed by atoms with Crippen LogP contribution in [0.1, 0.15) is 19.4 Å². The summed E-state index contributed by atoms with van der Waals surface area (Å²) < 4.78 is 0. The summed E-state index contributed by atoms with van der Waals surface area (Å²) in [4.78, 5) is 0. The Morgan fingerprint density at radius 2 is 2.00 bits per heavy atom. The molecule has 0 heterocycles. The zero-order valence-electron chi connectivity index (χ0n) is 8.49.